The highest BCUT2D eigenvalue weighted by molar-refractivity contribution is 5.84. The maximum atomic E-state index is 12.3. The third-order valence-electron chi connectivity index (χ3n) is 2.20. The minimum Gasteiger partial charge on any atom is -0.476 e. The van der Waals surface area contributed by atoms with E-state index in [0.29, 0.717) is 0 Å². The van der Waals surface area contributed by atoms with Gasteiger partial charge < -0.3 is 10.4 Å². The number of hydrogen-bond acceptors (Lipinski definition) is 5. The summed E-state index contributed by atoms with van der Waals surface area (Å²) in [4.78, 5) is 21.2. The standard InChI is InChI=1S/C11H7F3N4O2/c12-11(13,14)8-2-1-6(3-16-8)18-9-5-15-7(4-17-9)10(19)20/h1-5H,(H,17,18)(H,19,20). The van der Waals surface area contributed by atoms with Gasteiger partial charge in [0.15, 0.2) is 5.69 Å². The van der Waals surface area contributed by atoms with Gasteiger partial charge >= 0.3 is 12.1 Å². The average Bonchev–Trinajstić information content (AvgIpc) is 2.39. The highest BCUT2D eigenvalue weighted by atomic mass is 19.4. The van der Waals surface area contributed by atoms with Crippen LogP contribution >= 0.6 is 0 Å². The van der Waals surface area contributed by atoms with Crippen molar-refractivity contribution in [1.29, 1.82) is 0 Å². The summed E-state index contributed by atoms with van der Waals surface area (Å²) >= 11 is 0. The molecule has 0 aromatic carbocycles. The van der Waals surface area contributed by atoms with Crippen LogP contribution in [0.4, 0.5) is 24.7 Å². The summed E-state index contributed by atoms with van der Waals surface area (Å²) in [5, 5.41) is 11.3. The van der Waals surface area contributed by atoms with Crippen LogP contribution in [0, 0.1) is 0 Å². The molecule has 2 rings (SSSR count). The van der Waals surface area contributed by atoms with Crippen LogP contribution in [0.3, 0.4) is 0 Å². The quantitative estimate of drug-likeness (QED) is 0.899. The molecule has 0 bridgehead atoms. The molecule has 2 N–H and O–H groups in total. The van der Waals surface area contributed by atoms with Crippen molar-refractivity contribution in [3.8, 4) is 0 Å². The summed E-state index contributed by atoms with van der Waals surface area (Å²) in [5.41, 5.74) is -0.966. The van der Waals surface area contributed by atoms with E-state index in [1.807, 2.05) is 0 Å². The van der Waals surface area contributed by atoms with E-state index >= 15 is 0 Å². The van der Waals surface area contributed by atoms with Gasteiger partial charge in [0.2, 0.25) is 0 Å². The zero-order chi connectivity index (χ0) is 14.8. The molecule has 2 aromatic heterocycles. The van der Waals surface area contributed by atoms with E-state index in [9.17, 15) is 18.0 Å². The number of rotatable bonds is 3. The van der Waals surface area contributed by atoms with Crippen LogP contribution in [0.25, 0.3) is 0 Å². The Kier molecular flexibility index (Phi) is 3.51. The van der Waals surface area contributed by atoms with Crippen LogP contribution in [0.5, 0.6) is 0 Å². The van der Waals surface area contributed by atoms with E-state index in [1.165, 1.54) is 6.07 Å². The van der Waals surface area contributed by atoms with Crippen molar-refractivity contribution >= 4 is 17.5 Å². The molecule has 6 nitrogen and oxygen atoms in total. The summed E-state index contributed by atoms with van der Waals surface area (Å²) in [6.07, 6.45) is -1.32. The van der Waals surface area contributed by atoms with Gasteiger partial charge in [-0.2, -0.15) is 13.2 Å². The minimum atomic E-state index is -4.50. The molecule has 2 heterocycles. The molecule has 0 amide bonds. The molecule has 0 fully saturated rings. The molecule has 0 radical (unpaired) electrons. The minimum absolute atomic E-state index is 0.191. The van der Waals surface area contributed by atoms with Crippen molar-refractivity contribution in [2.75, 3.05) is 5.32 Å². The molecule has 20 heavy (non-hydrogen) atoms. The second kappa shape index (κ2) is 5.11. The zero-order valence-electron chi connectivity index (χ0n) is 9.72. The number of carboxylic acid groups (broad SMARTS) is 1. The Labute approximate surface area is 110 Å². The summed E-state index contributed by atoms with van der Waals surface area (Å²) in [6, 6.07) is 2.00. The maximum absolute atomic E-state index is 12.3. The van der Waals surface area contributed by atoms with Gasteiger partial charge in [-0.25, -0.2) is 19.7 Å². The van der Waals surface area contributed by atoms with Gasteiger partial charge in [-0.05, 0) is 12.1 Å². The maximum Gasteiger partial charge on any atom is 0.433 e. The van der Waals surface area contributed by atoms with Crippen LogP contribution in [0.1, 0.15) is 16.2 Å². The fourth-order valence-electron chi connectivity index (χ4n) is 1.29. The Bertz CT molecular complexity index is 611. The van der Waals surface area contributed by atoms with Crippen molar-refractivity contribution in [3.05, 3.63) is 42.1 Å². The van der Waals surface area contributed by atoms with Gasteiger partial charge in [0.05, 0.1) is 24.3 Å². The SMILES string of the molecule is O=C(O)c1cnc(Nc2ccc(C(F)(F)F)nc2)cn1. The highest BCUT2D eigenvalue weighted by Crippen LogP contribution is 2.28. The van der Waals surface area contributed by atoms with Crippen LogP contribution < -0.4 is 5.32 Å². The molecule has 0 aliphatic rings. The number of aromatic carboxylic acids is 1. The fraction of sp³-hybridized carbons (Fsp3) is 0.0909. The number of alkyl halides is 3. The van der Waals surface area contributed by atoms with Gasteiger partial charge in [0.1, 0.15) is 11.5 Å². The van der Waals surface area contributed by atoms with Crippen LogP contribution in [-0.2, 0) is 6.18 Å². The molecule has 0 saturated carbocycles. The lowest BCUT2D eigenvalue weighted by Gasteiger charge is -2.07. The van der Waals surface area contributed by atoms with E-state index in [0.717, 1.165) is 24.7 Å². The summed E-state index contributed by atoms with van der Waals surface area (Å²) in [6.45, 7) is 0. The summed E-state index contributed by atoms with van der Waals surface area (Å²) in [5.74, 6) is -1.03. The van der Waals surface area contributed by atoms with Gasteiger partial charge in [0, 0.05) is 0 Å². The van der Waals surface area contributed by atoms with E-state index in [2.05, 4.69) is 20.3 Å². The van der Waals surface area contributed by atoms with Crippen LogP contribution in [-0.4, -0.2) is 26.0 Å². The predicted molar refractivity (Wildman–Crippen MR) is 61.5 cm³/mol. The molecule has 0 aliphatic carbocycles. The molecule has 9 heteroatoms. The summed E-state index contributed by atoms with van der Waals surface area (Å²) < 4.78 is 36.9. The van der Waals surface area contributed by atoms with Crippen molar-refractivity contribution in [1.82, 2.24) is 15.0 Å². The Balaban J connectivity index is 2.12. The molecule has 0 spiro atoms. The number of nitrogens with one attached hydrogen (secondary N) is 1. The lowest BCUT2D eigenvalue weighted by molar-refractivity contribution is -0.141. The van der Waals surface area contributed by atoms with Gasteiger partial charge in [-0.3, -0.25) is 0 Å². The molecule has 104 valence electrons. The monoisotopic (exact) mass is 284 g/mol. The van der Waals surface area contributed by atoms with E-state index < -0.39 is 17.8 Å². The Hall–Kier alpha value is -2.71. The number of nitrogens with zero attached hydrogens (tertiary/aromatic N) is 3. The molecular formula is C11H7F3N4O2. The second-order valence-electron chi connectivity index (χ2n) is 3.65. The van der Waals surface area contributed by atoms with E-state index in [1.54, 1.807) is 0 Å². The normalized spacial score (nSPS) is 11.2. The zero-order valence-corrected chi connectivity index (χ0v) is 9.72. The largest absolute Gasteiger partial charge is 0.476 e. The highest BCUT2D eigenvalue weighted by Gasteiger charge is 2.31. The van der Waals surface area contributed by atoms with Crippen molar-refractivity contribution < 1.29 is 23.1 Å². The van der Waals surface area contributed by atoms with Crippen molar-refractivity contribution in [2.45, 2.75) is 6.18 Å². The first-order valence-electron chi connectivity index (χ1n) is 5.22. The number of pyridine rings is 1. The first-order valence-corrected chi connectivity index (χ1v) is 5.22. The summed E-state index contributed by atoms with van der Waals surface area (Å²) in [7, 11) is 0. The van der Waals surface area contributed by atoms with Gasteiger partial charge in [0.25, 0.3) is 0 Å². The molecular weight excluding hydrogens is 277 g/mol. The van der Waals surface area contributed by atoms with Gasteiger partial charge in [-0.15, -0.1) is 0 Å². The number of hydrogen-bond donors (Lipinski definition) is 2. The van der Waals surface area contributed by atoms with Crippen molar-refractivity contribution in [3.63, 3.8) is 0 Å². The number of aromatic nitrogens is 3. The third-order valence-corrected chi connectivity index (χ3v) is 2.20. The topological polar surface area (TPSA) is 88.0 Å². The Morgan fingerprint density at radius 3 is 2.30 bits per heavy atom. The number of halogens is 3. The molecule has 0 aliphatic heterocycles. The lowest BCUT2D eigenvalue weighted by atomic mass is 10.3. The van der Waals surface area contributed by atoms with Crippen LogP contribution in [0.2, 0.25) is 0 Å². The first kappa shape index (κ1) is 13.7. The second-order valence-corrected chi connectivity index (χ2v) is 3.65. The lowest BCUT2D eigenvalue weighted by Crippen LogP contribution is -2.08. The Morgan fingerprint density at radius 2 is 1.85 bits per heavy atom. The van der Waals surface area contributed by atoms with Gasteiger partial charge in [-0.1, -0.05) is 0 Å². The van der Waals surface area contributed by atoms with E-state index in [4.69, 9.17) is 5.11 Å². The Morgan fingerprint density at radius 1 is 1.10 bits per heavy atom. The third kappa shape index (κ3) is 3.19. The van der Waals surface area contributed by atoms with Crippen LogP contribution in [0.15, 0.2) is 30.7 Å². The van der Waals surface area contributed by atoms with Crippen molar-refractivity contribution in [2.24, 2.45) is 0 Å². The molecule has 0 unspecified atom stereocenters. The molecule has 0 saturated heterocycles. The number of carboxylic acids is 1. The molecule has 0 atom stereocenters. The average molecular weight is 284 g/mol. The number of anilines is 2. The molecule has 2 aromatic rings. The smallest absolute Gasteiger partial charge is 0.433 e. The van der Waals surface area contributed by atoms with E-state index in [-0.39, 0.29) is 17.2 Å². The first-order chi connectivity index (χ1) is 9.36. The predicted octanol–water partition coefficient (Wildman–Crippen LogP) is 2.33. The fourth-order valence-corrected chi connectivity index (χ4v) is 1.29. The number of carbonyl (C=O) groups is 1.